The number of hydrogen-bond donors (Lipinski definition) is 1. The summed E-state index contributed by atoms with van der Waals surface area (Å²) in [6.07, 6.45) is 1.05. The fraction of sp³-hybridized carbons (Fsp3) is 0.278. The van der Waals surface area contributed by atoms with Crippen LogP contribution >= 0.6 is 0 Å². The van der Waals surface area contributed by atoms with Gasteiger partial charge in [0.15, 0.2) is 0 Å². The molecule has 0 heterocycles. The second-order valence-corrected chi connectivity index (χ2v) is 5.29. The zero-order chi connectivity index (χ0) is 16.8. The highest BCUT2D eigenvalue weighted by Gasteiger charge is 2.09. The molecule has 0 unspecified atom stereocenters. The number of carbonyl (C=O) groups excluding carboxylic acids is 1. The number of halogens is 2. The van der Waals surface area contributed by atoms with Crippen LogP contribution in [-0.4, -0.2) is 12.5 Å². The molecule has 2 aromatic carbocycles. The van der Waals surface area contributed by atoms with E-state index in [0.717, 1.165) is 6.42 Å². The highest BCUT2D eigenvalue weighted by molar-refractivity contribution is 6.04. The molecule has 1 N–H and O–H groups in total. The van der Waals surface area contributed by atoms with Gasteiger partial charge in [0.2, 0.25) is 0 Å². The quantitative estimate of drug-likeness (QED) is 0.808. The average Bonchev–Trinajstić information content (AvgIpc) is 2.55. The van der Waals surface area contributed by atoms with Gasteiger partial charge in [-0.3, -0.25) is 4.79 Å². The second-order valence-electron chi connectivity index (χ2n) is 5.29. The van der Waals surface area contributed by atoms with Crippen LogP contribution in [0.5, 0.6) is 5.75 Å². The van der Waals surface area contributed by atoms with Gasteiger partial charge in [-0.05, 0) is 54.3 Å². The summed E-state index contributed by atoms with van der Waals surface area (Å²) in [5, 5.41) is 2.77. The first-order chi connectivity index (χ1) is 11.0. The molecule has 0 radical (unpaired) electrons. The molecule has 122 valence electrons. The van der Waals surface area contributed by atoms with Crippen molar-refractivity contribution in [2.24, 2.45) is 0 Å². The van der Waals surface area contributed by atoms with Crippen LogP contribution in [0.15, 0.2) is 48.5 Å². The maximum atomic E-state index is 12.1. The van der Waals surface area contributed by atoms with Crippen LogP contribution in [0, 0.1) is 0 Å². The van der Waals surface area contributed by atoms with Crippen LogP contribution < -0.4 is 10.1 Å². The number of rotatable bonds is 6. The summed E-state index contributed by atoms with van der Waals surface area (Å²) >= 11 is 0. The zero-order valence-electron chi connectivity index (χ0n) is 13.1. The molecule has 0 aliphatic rings. The van der Waals surface area contributed by atoms with Crippen molar-refractivity contribution in [2.45, 2.75) is 32.8 Å². The van der Waals surface area contributed by atoms with Gasteiger partial charge in [0.05, 0.1) is 0 Å². The number of nitrogens with one attached hydrogen (secondary N) is 1. The van der Waals surface area contributed by atoms with E-state index in [9.17, 15) is 13.6 Å². The number of hydrogen-bond acceptors (Lipinski definition) is 2. The summed E-state index contributed by atoms with van der Waals surface area (Å²) in [5.41, 5.74) is 2.28. The van der Waals surface area contributed by atoms with Crippen LogP contribution in [0.2, 0.25) is 0 Å². The number of alkyl halides is 2. The molecular formula is C18H19F2NO2. The van der Waals surface area contributed by atoms with E-state index >= 15 is 0 Å². The minimum atomic E-state index is -2.88. The molecule has 3 nitrogen and oxygen atoms in total. The van der Waals surface area contributed by atoms with E-state index < -0.39 is 6.61 Å². The Bertz CT molecular complexity index is 639. The minimum absolute atomic E-state index is 0.0226. The lowest BCUT2D eigenvalue weighted by molar-refractivity contribution is -0.0498. The van der Waals surface area contributed by atoms with Crippen molar-refractivity contribution < 1.29 is 18.3 Å². The van der Waals surface area contributed by atoms with E-state index in [1.807, 2.05) is 24.3 Å². The summed E-state index contributed by atoms with van der Waals surface area (Å²) in [7, 11) is 0. The molecule has 23 heavy (non-hydrogen) atoms. The summed E-state index contributed by atoms with van der Waals surface area (Å²) in [4.78, 5) is 12.1. The molecule has 0 aliphatic carbocycles. The average molecular weight is 319 g/mol. The second kappa shape index (κ2) is 7.72. The lowest BCUT2D eigenvalue weighted by Gasteiger charge is -2.11. The first-order valence-corrected chi connectivity index (χ1v) is 7.45. The molecule has 1 atom stereocenters. The van der Waals surface area contributed by atoms with Crippen LogP contribution in [0.25, 0.3) is 0 Å². The lowest BCUT2D eigenvalue weighted by Crippen LogP contribution is -2.12. The Balaban J connectivity index is 2.01. The Labute approximate surface area is 134 Å². The minimum Gasteiger partial charge on any atom is -0.435 e. The topological polar surface area (TPSA) is 38.3 Å². The smallest absolute Gasteiger partial charge is 0.387 e. The molecule has 5 heteroatoms. The fourth-order valence-electron chi connectivity index (χ4n) is 2.12. The van der Waals surface area contributed by atoms with E-state index in [0.29, 0.717) is 17.2 Å². The van der Waals surface area contributed by atoms with Crippen LogP contribution in [0.3, 0.4) is 0 Å². The van der Waals surface area contributed by atoms with Crippen molar-refractivity contribution in [3.8, 4) is 5.75 Å². The molecule has 0 aliphatic heterocycles. The van der Waals surface area contributed by atoms with Crippen molar-refractivity contribution in [1.82, 2.24) is 0 Å². The fourth-order valence-corrected chi connectivity index (χ4v) is 2.12. The zero-order valence-corrected chi connectivity index (χ0v) is 13.1. The van der Waals surface area contributed by atoms with Gasteiger partial charge in [0, 0.05) is 11.3 Å². The summed E-state index contributed by atoms with van der Waals surface area (Å²) in [5.74, 6) is 0.196. The van der Waals surface area contributed by atoms with Gasteiger partial charge in [-0.1, -0.05) is 26.0 Å². The molecule has 0 spiro atoms. The highest BCUT2D eigenvalue weighted by atomic mass is 19.3. The molecule has 0 bridgehead atoms. The normalized spacial score (nSPS) is 12.0. The monoisotopic (exact) mass is 319 g/mol. The molecule has 0 saturated carbocycles. The lowest BCUT2D eigenvalue weighted by atomic mass is 9.98. The third kappa shape index (κ3) is 4.77. The Kier molecular flexibility index (Phi) is 5.68. The third-order valence-electron chi connectivity index (χ3n) is 3.69. The van der Waals surface area contributed by atoms with E-state index in [-0.39, 0.29) is 11.7 Å². The molecule has 2 aromatic rings. The molecule has 0 fully saturated rings. The van der Waals surface area contributed by atoms with Crippen molar-refractivity contribution in [3.63, 3.8) is 0 Å². The van der Waals surface area contributed by atoms with Gasteiger partial charge in [0.1, 0.15) is 5.75 Å². The van der Waals surface area contributed by atoms with E-state index in [1.54, 1.807) is 0 Å². The van der Waals surface area contributed by atoms with Crippen molar-refractivity contribution in [1.29, 1.82) is 0 Å². The number of anilines is 1. The Morgan fingerprint density at radius 1 is 1.09 bits per heavy atom. The first kappa shape index (κ1) is 16.9. The van der Waals surface area contributed by atoms with Crippen molar-refractivity contribution in [3.05, 3.63) is 59.7 Å². The van der Waals surface area contributed by atoms with Gasteiger partial charge >= 0.3 is 6.61 Å². The predicted molar refractivity (Wildman–Crippen MR) is 86.2 cm³/mol. The maximum absolute atomic E-state index is 12.1. The largest absolute Gasteiger partial charge is 0.435 e. The van der Waals surface area contributed by atoms with Crippen LogP contribution in [0.4, 0.5) is 14.5 Å². The number of ether oxygens (including phenoxy) is 1. The first-order valence-electron chi connectivity index (χ1n) is 7.45. The standard InChI is InChI=1S/C18H19F2NO2/c1-3-12(2)13-4-8-15(9-5-13)21-17(22)14-6-10-16(11-7-14)23-18(19)20/h4-12,18H,3H2,1-2H3,(H,21,22)/t12-/m1/s1. The maximum Gasteiger partial charge on any atom is 0.387 e. The molecule has 0 saturated heterocycles. The number of amides is 1. The van der Waals surface area contributed by atoms with Crippen molar-refractivity contribution in [2.75, 3.05) is 5.32 Å². The Morgan fingerprint density at radius 3 is 2.22 bits per heavy atom. The van der Waals surface area contributed by atoms with E-state index in [1.165, 1.54) is 29.8 Å². The van der Waals surface area contributed by atoms with Crippen LogP contribution in [0.1, 0.15) is 42.1 Å². The summed E-state index contributed by atoms with van der Waals surface area (Å²) < 4.78 is 28.4. The van der Waals surface area contributed by atoms with Gasteiger partial charge in [-0.25, -0.2) is 0 Å². The Morgan fingerprint density at radius 2 is 1.70 bits per heavy atom. The molecule has 0 aromatic heterocycles. The van der Waals surface area contributed by atoms with Gasteiger partial charge < -0.3 is 10.1 Å². The summed E-state index contributed by atoms with van der Waals surface area (Å²) in [6.45, 7) is 1.40. The molecule has 2 rings (SSSR count). The highest BCUT2D eigenvalue weighted by Crippen LogP contribution is 2.21. The Hall–Kier alpha value is -2.43. The SMILES string of the molecule is CC[C@@H](C)c1ccc(NC(=O)c2ccc(OC(F)F)cc2)cc1. The van der Waals surface area contributed by atoms with Gasteiger partial charge in [-0.2, -0.15) is 8.78 Å². The van der Waals surface area contributed by atoms with E-state index in [4.69, 9.17) is 0 Å². The van der Waals surface area contributed by atoms with Gasteiger partial charge in [-0.15, -0.1) is 0 Å². The molecule has 1 amide bonds. The van der Waals surface area contributed by atoms with E-state index in [2.05, 4.69) is 23.9 Å². The predicted octanol–water partition coefficient (Wildman–Crippen LogP) is 5.05. The van der Waals surface area contributed by atoms with Crippen LogP contribution in [-0.2, 0) is 0 Å². The van der Waals surface area contributed by atoms with Crippen molar-refractivity contribution >= 4 is 11.6 Å². The molecular weight excluding hydrogens is 300 g/mol. The summed E-state index contributed by atoms with van der Waals surface area (Å²) in [6, 6.07) is 13.3. The number of benzene rings is 2. The third-order valence-corrected chi connectivity index (χ3v) is 3.69. The number of carbonyl (C=O) groups is 1. The van der Waals surface area contributed by atoms with Gasteiger partial charge in [0.25, 0.3) is 5.91 Å².